The van der Waals surface area contributed by atoms with Crippen molar-refractivity contribution in [2.45, 2.75) is 13.5 Å². The Morgan fingerprint density at radius 3 is 2.40 bits per heavy atom. The van der Waals surface area contributed by atoms with Gasteiger partial charge >= 0.3 is 0 Å². The average Bonchev–Trinajstić information content (AvgIpc) is 2.27. The highest BCUT2D eigenvalue weighted by molar-refractivity contribution is 5.46. The molecule has 1 rings (SSSR count). The predicted octanol–water partition coefficient (Wildman–Crippen LogP) is 2.82. The third-order valence-electron chi connectivity index (χ3n) is 2.15. The summed E-state index contributed by atoms with van der Waals surface area (Å²) in [6, 6.07) is 3.68. The largest absolute Gasteiger partial charge is 0.493 e. The minimum Gasteiger partial charge on any atom is -0.493 e. The van der Waals surface area contributed by atoms with Gasteiger partial charge < -0.3 is 9.47 Å². The van der Waals surface area contributed by atoms with E-state index in [1.807, 2.05) is 19.1 Å². The Hall–Kier alpha value is -1.87. The van der Waals surface area contributed by atoms with Crippen LogP contribution in [0.25, 0.3) is 10.4 Å². The van der Waals surface area contributed by atoms with Crippen LogP contribution in [0.5, 0.6) is 11.5 Å². The molecule has 0 amide bonds. The first-order chi connectivity index (χ1) is 7.22. The van der Waals surface area contributed by atoms with E-state index in [-0.39, 0.29) is 0 Å². The van der Waals surface area contributed by atoms with Crippen molar-refractivity contribution in [1.82, 2.24) is 0 Å². The lowest BCUT2D eigenvalue weighted by molar-refractivity contribution is 0.354. The lowest BCUT2D eigenvalue weighted by Gasteiger charge is -2.11. The lowest BCUT2D eigenvalue weighted by Crippen LogP contribution is -1.94. The van der Waals surface area contributed by atoms with Crippen molar-refractivity contribution in [3.8, 4) is 11.5 Å². The van der Waals surface area contributed by atoms with Crippen molar-refractivity contribution in [3.05, 3.63) is 33.7 Å². The SMILES string of the molecule is COc1cc(C)c(CN=[N+]=[N-])cc1OC. The summed E-state index contributed by atoms with van der Waals surface area (Å²) in [5, 5.41) is 3.52. The number of nitrogens with zero attached hydrogens (tertiary/aromatic N) is 3. The van der Waals surface area contributed by atoms with E-state index in [0.717, 1.165) is 11.1 Å². The standard InChI is InChI=1S/C10H13N3O2/c1-7-4-9(14-2)10(15-3)5-8(7)6-12-13-11/h4-5H,6H2,1-3H3. The Kier molecular flexibility index (Phi) is 3.83. The van der Waals surface area contributed by atoms with Crippen LogP contribution in [0.2, 0.25) is 0 Å². The topological polar surface area (TPSA) is 67.2 Å². The Balaban J connectivity index is 3.12. The summed E-state index contributed by atoms with van der Waals surface area (Å²) in [7, 11) is 3.16. The maximum Gasteiger partial charge on any atom is 0.161 e. The zero-order valence-electron chi connectivity index (χ0n) is 9.02. The fourth-order valence-corrected chi connectivity index (χ4v) is 1.30. The number of methoxy groups -OCH3 is 2. The molecule has 1 aromatic carbocycles. The molecule has 15 heavy (non-hydrogen) atoms. The van der Waals surface area contributed by atoms with Gasteiger partial charge in [0.25, 0.3) is 0 Å². The van der Waals surface area contributed by atoms with Gasteiger partial charge in [0.1, 0.15) is 0 Å². The van der Waals surface area contributed by atoms with Crippen LogP contribution in [0.3, 0.4) is 0 Å². The molecule has 0 radical (unpaired) electrons. The third kappa shape index (κ3) is 2.54. The summed E-state index contributed by atoms with van der Waals surface area (Å²) in [5.41, 5.74) is 10.2. The number of ether oxygens (including phenoxy) is 2. The van der Waals surface area contributed by atoms with Crippen molar-refractivity contribution in [2.24, 2.45) is 5.11 Å². The third-order valence-corrected chi connectivity index (χ3v) is 2.15. The average molecular weight is 207 g/mol. The van der Waals surface area contributed by atoms with Crippen LogP contribution < -0.4 is 9.47 Å². The molecule has 0 N–H and O–H groups in total. The number of benzene rings is 1. The first-order valence-electron chi connectivity index (χ1n) is 4.45. The zero-order valence-corrected chi connectivity index (χ0v) is 9.02. The van der Waals surface area contributed by atoms with Gasteiger partial charge in [-0.25, -0.2) is 0 Å². The summed E-state index contributed by atoms with van der Waals surface area (Å²) in [6.07, 6.45) is 0. The summed E-state index contributed by atoms with van der Waals surface area (Å²) < 4.78 is 10.3. The quantitative estimate of drug-likeness (QED) is 0.432. The Morgan fingerprint density at radius 2 is 1.87 bits per heavy atom. The second-order valence-corrected chi connectivity index (χ2v) is 3.02. The number of azide groups is 1. The molecular formula is C10H13N3O2. The van der Waals surface area contributed by atoms with E-state index in [0.29, 0.717) is 18.0 Å². The highest BCUT2D eigenvalue weighted by Crippen LogP contribution is 2.30. The molecule has 1 aromatic rings. The Morgan fingerprint density at radius 1 is 1.27 bits per heavy atom. The number of hydrogen-bond donors (Lipinski definition) is 0. The maximum atomic E-state index is 8.25. The van der Waals surface area contributed by atoms with Gasteiger partial charge in [0.2, 0.25) is 0 Å². The van der Waals surface area contributed by atoms with Gasteiger partial charge in [0.15, 0.2) is 11.5 Å². The molecule has 0 spiro atoms. The number of hydrogen-bond acceptors (Lipinski definition) is 3. The summed E-state index contributed by atoms with van der Waals surface area (Å²) in [5.74, 6) is 1.32. The van der Waals surface area contributed by atoms with E-state index in [2.05, 4.69) is 10.0 Å². The smallest absolute Gasteiger partial charge is 0.161 e. The van der Waals surface area contributed by atoms with E-state index in [1.165, 1.54) is 0 Å². The van der Waals surface area contributed by atoms with E-state index in [9.17, 15) is 0 Å². The molecule has 0 aliphatic carbocycles. The van der Waals surface area contributed by atoms with E-state index < -0.39 is 0 Å². The summed E-state index contributed by atoms with van der Waals surface area (Å²) in [6.45, 7) is 2.26. The second-order valence-electron chi connectivity index (χ2n) is 3.02. The lowest BCUT2D eigenvalue weighted by atomic mass is 10.1. The van der Waals surface area contributed by atoms with Gasteiger partial charge in [0, 0.05) is 4.91 Å². The van der Waals surface area contributed by atoms with Crippen LogP contribution in [0.15, 0.2) is 17.2 Å². The summed E-state index contributed by atoms with van der Waals surface area (Å²) in [4.78, 5) is 2.72. The molecule has 0 unspecified atom stereocenters. The van der Waals surface area contributed by atoms with Gasteiger partial charge in [-0.05, 0) is 35.7 Å². The predicted molar refractivity (Wildman–Crippen MR) is 57.1 cm³/mol. The van der Waals surface area contributed by atoms with Gasteiger partial charge in [-0.3, -0.25) is 0 Å². The highest BCUT2D eigenvalue weighted by atomic mass is 16.5. The number of rotatable bonds is 4. The van der Waals surface area contributed by atoms with E-state index in [1.54, 1.807) is 14.2 Å². The molecule has 0 aromatic heterocycles. The van der Waals surface area contributed by atoms with Gasteiger partial charge in [-0.15, -0.1) is 0 Å². The van der Waals surface area contributed by atoms with Gasteiger partial charge in [-0.1, -0.05) is 5.11 Å². The fourth-order valence-electron chi connectivity index (χ4n) is 1.30. The highest BCUT2D eigenvalue weighted by Gasteiger charge is 2.07. The molecule has 0 bridgehead atoms. The van der Waals surface area contributed by atoms with Crippen molar-refractivity contribution >= 4 is 0 Å². The molecule has 0 atom stereocenters. The molecule has 0 saturated heterocycles. The molecular weight excluding hydrogens is 194 g/mol. The number of aryl methyl sites for hydroxylation is 1. The second kappa shape index (κ2) is 5.12. The van der Waals surface area contributed by atoms with Crippen molar-refractivity contribution in [1.29, 1.82) is 0 Å². The molecule has 0 heterocycles. The van der Waals surface area contributed by atoms with Crippen LogP contribution in [-0.4, -0.2) is 14.2 Å². The minimum atomic E-state index is 0.322. The molecule has 0 saturated carbocycles. The van der Waals surface area contributed by atoms with Crippen LogP contribution in [0, 0.1) is 6.92 Å². The first-order valence-corrected chi connectivity index (χ1v) is 4.45. The first kappa shape index (κ1) is 11.2. The summed E-state index contributed by atoms with van der Waals surface area (Å²) >= 11 is 0. The normalized spacial score (nSPS) is 9.27. The van der Waals surface area contributed by atoms with Crippen molar-refractivity contribution < 1.29 is 9.47 Å². The molecule has 0 fully saturated rings. The minimum absolute atomic E-state index is 0.322. The fraction of sp³-hybridized carbons (Fsp3) is 0.400. The van der Waals surface area contributed by atoms with E-state index in [4.69, 9.17) is 15.0 Å². The molecule has 0 aliphatic heterocycles. The van der Waals surface area contributed by atoms with Gasteiger partial charge in [0.05, 0.1) is 20.8 Å². The Bertz CT molecular complexity index is 398. The molecule has 80 valence electrons. The van der Waals surface area contributed by atoms with Gasteiger partial charge in [-0.2, -0.15) is 0 Å². The van der Waals surface area contributed by atoms with Crippen molar-refractivity contribution in [2.75, 3.05) is 14.2 Å². The van der Waals surface area contributed by atoms with Crippen LogP contribution in [-0.2, 0) is 6.54 Å². The van der Waals surface area contributed by atoms with Crippen LogP contribution in [0.4, 0.5) is 0 Å². The molecule has 5 heteroatoms. The van der Waals surface area contributed by atoms with E-state index >= 15 is 0 Å². The Labute approximate surface area is 88.3 Å². The zero-order chi connectivity index (χ0) is 11.3. The van der Waals surface area contributed by atoms with Crippen molar-refractivity contribution in [3.63, 3.8) is 0 Å². The van der Waals surface area contributed by atoms with Crippen LogP contribution in [0.1, 0.15) is 11.1 Å². The van der Waals surface area contributed by atoms with Crippen LogP contribution >= 0.6 is 0 Å². The molecule has 0 aliphatic rings. The molecule has 5 nitrogen and oxygen atoms in total. The maximum absolute atomic E-state index is 8.25. The monoisotopic (exact) mass is 207 g/mol.